The molecule has 0 rings (SSSR count). The van der Waals surface area contributed by atoms with Crippen molar-refractivity contribution in [1.29, 1.82) is 0 Å². The monoisotopic (exact) mass is 194 g/mol. The van der Waals surface area contributed by atoms with E-state index in [1.165, 1.54) is 0 Å². The number of hydrogen-bond acceptors (Lipinski definition) is 0. The van der Waals surface area contributed by atoms with Gasteiger partial charge in [-0.3, -0.25) is 0 Å². The van der Waals surface area contributed by atoms with Crippen molar-refractivity contribution in [2.75, 3.05) is 0 Å². The van der Waals surface area contributed by atoms with Crippen LogP contribution in [0.15, 0.2) is 0 Å². The first-order chi connectivity index (χ1) is 2.45. The van der Waals surface area contributed by atoms with E-state index in [1.54, 1.807) is 0 Å². The zero-order valence-electron chi connectivity index (χ0n) is 6.42. The van der Waals surface area contributed by atoms with Gasteiger partial charge in [0.2, 0.25) is 0 Å². The van der Waals surface area contributed by atoms with Crippen molar-refractivity contribution in [2.45, 2.75) is 0 Å². The molecule has 0 nitrogen and oxygen atoms in total. The molecule has 0 saturated heterocycles. The SMILES string of the molecule is F[P-](F)(F)(F)(F)F.[Ca+2].[H-].[H-].[Li+]. The van der Waals surface area contributed by atoms with E-state index in [0.717, 1.165) is 0 Å². The Hall–Kier alpha value is 1.87. The van der Waals surface area contributed by atoms with Crippen molar-refractivity contribution in [1.82, 2.24) is 0 Å². The van der Waals surface area contributed by atoms with Gasteiger partial charge in [0.15, 0.2) is 0 Å². The van der Waals surface area contributed by atoms with Gasteiger partial charge in [-0.25, -0.2) is 0 Å². The zero-order valence-corrected chi connectivity index (χ0v) is 7.52. The van der Waals surface area contributed by atoms with Crippen molar-refractivity contribution in [2.24, 2.45) is 0 Å². The average molecular weight is 194 g/mol. The van der Waals surface area contributed by atoms with Crippen LogP contribution in [0.1, 0.15) is 2.85 Å². The molecule has 0 aromatic carbocycles. The summed E-state index contributed by atoms with van der Waals surface area (Å²) >= 11 is 0. The van der Waals surface area contributed by atoms with Gasteiger partial charge in [-0.2, -0.15) is 0 Å². The molecular formula is H2CaF6LiP. The smallest absolute Gasteiger partial charge is 1.00 e. The predicted octanol–water partition coefficient (Wildman–Crippen LogP) is 0.231. The molecule has 0 bridgehead atoms. The molecule has 0 aromatic rings. The van der Waals surface area contributed by atoms with Gasteiger partial charge in [0.1, 0.15) is 0 Å². The second kappa shape index (κ2) is 2.73. The summed E-state index contributed by atoms with van der Waals surface area (Å²) in [7, 11) is -10.7. The van der Waals surface area contributed by atoms with Crippen LogP contribution in [-0.4, -0.2) is 37.7 Å². The number of hydrogen-bond donors (Lipinski definition) is 0. The third-order valence-electron chi connectivity index (χ3n) is 0. The van der Waals surface area contributed by atoms with E-state index in [2.05, 4.69) is 0 Å². The molecule has 0 aliphatic rings. The van der Waals surface area contributed by atoms with Crippen LogP contribution in [0.3, 0.4) is 0 Å². The summed E-state index contributed by atoms with van der Waals surface area (Å²) in [6, 6.07) is 0. The molecule has 9 heavy (non-hydrogen) atoms. The average Bonchev–Trinajstić information content (AvgIpc) is 0.592. The molecule has 0 heterocycles. The van der Waals surface area contributed by atoms with Crippen molar-refractivity contribution in [3.8, 4) is 0 Å². The molecule has 0 fully saturated rings. The van der Waals surface area contributed by atoms with Crippen molar-refractivity contribution in [3.05, 3.63) is 0 Å². The zero-order chi connectivity index (χ0) is 6.41. The minimum absolute atomic E-state index is 0. The summed E-state index contributed by atoms with van der Waals surface area (Å²) in [4.78, 5) is 0. The summed E-state index contributed by atoms with van der Waals surface area (Å²) in [5, 5.41) is 0. The fraction of sp³-hybridized carbons (Fsp3) is 0. The predicted molar refractivity (Wildman–Crippen MR) is 21.5 cm³/mol. The molecule has 0 saturated carbocycles. The summed E-state index contributed by atoms with van der Waals surface area (Å²) < 4.78 is 59.2. The molecule has 52 valence electrons. The van der Waals surface area contributed by atoms with Crippen LogP contribution < -0.4 is 18.9 Å². The second-order valence-corrected chi connectivity index (χ2v) is 2.87. The van der Waals surface area contributed by atoms with Crippen LogP contribution in [-0.2, 0) is 0 Å². The Balaban J connectivity index is -0.0000000300. The molecule has 0 amide bonds. The first-order valence-electron chi connectivity index (χ1n) is 1.01. The third kappa shape index (κ3) is 175. The molecular weight excluding hydrogens is 192 g/mol. The van der Waals surface area contributed by atoms with Crippen molar-refractivity contribution < 1.29 is 46.9 Å². The van der Waals surface area contributed by atoms with E-state index >= 15 is 0 Å². The molecule has 0 unspecified atom stereocenters. The van der Waals surface area contributed by atoms with Gasteiger partial charge in [0.05, 0.1) is 0 Å². The Morgan fingerprint density at radius 2 is 0.778 bits per heavy atom. The Morgan fingerprint density at radius 1 is 0.778 bits per heavy atom. The van der Waals surface area contributed by atoms with Gasteiger partial charge >= 0.3 is 89.6 Å². The third-order valence-corrected chi connectivity index (χ3v) is 0. The molecule has 0 spiro atoms. The largest absolute Gasteiger partial charge is 2.00 e. The first-order valence-corrected chi connectivity index (χ1v) is 3.04. The van der Waals surface area contributed by atoms with E-state index in [-0.39, 0.29) is 59.5 Å². The van der Waals surface area contributed by atoms with Crippen LogP contribution in [0.2, 0.25) is 0 Å². The minimum Gasteiger partial charge on any atom is -1.00 e. The summed E-state index contributed by atoms with van der Waals surface area (Å²) in [5.41, 5.74) is 0. The number of rotatable bonds is 0. The molecule has 0 radical (unpaired) electrons. The van der Waals surface area contributed by atoms with Crippen molar-refractivity contribution >= 4 is 45.5 Å². The fourth-order valence-corrected chi connectivity index (χ4v) is 0. The Morgan fingerprint density at radius 3 is 0.778 bits per heavy atom. The first kappa shape index (κ1) is 17.1. The van der Waals surface area contributed by atoms with Gasteiger partial charge in [-0.1, -0.05) is 0 Å². The van der Waals surface area contributed by atoms with Crippen LogP contribution in [0.4, 0.5) is 25.2 Å². The van der Waals surface area contributed by atoms with Crippen LogP contribution in [0.25, 0.3) is 0 Å². The normalized spacial score (nSPS) is 18.0. The van der Waals surface area contributed by atoms with Crippen LogP contribution in [0, 0.1) is 0 Å². The molecule has 0 atom stereocenters. The Labute approximate surface area is 91.7 Å². The summed E-state index contributed by atoms with van der Waals surface area (Å²) in [5.74, 6) is 0. The molecule has 0 N–H and O–H groups in total. The van der Waals surface area contributed by atoms with E-state index in [1.807, 2.05) is 0 Å². The quantitative estimate of drug-likeness (QED) is 0.294. The van der Waals surface area contributed by atoms with Crippen molar-refractivity contribution in [3.63, 3.8) is 0 Å². The van der Waals surface area contributed by atoms with Gasteiger partial charge in [-0.15, -0.1) is 0 Å². The standard InChI is InChI=1S/Ca.F6P.Li.2H/c;1-7(2,3,4,5)6;;;/q+2;-1;+1;2*-1. The van der Waals surface area contributed by atoms with Gasteiger partial charge in [0, 0.05) is 0 Å². The van der Waals surface area contributed by atoms with Gasteiger partial charge < -0.3 is 2.85 Å². The fourth-order valence-electron chi connectivity index (χ4n) is 0. The maximum Gasteiger partial charge on any atom is 2.00 e. The van der Waals surface area contributed by atoms with Crippen LogP contribution in [0.5, 0.6) is 0 Å². The molecule has 0 aliphatic carbocycles. The van der Waals surface area contributed by atoms with E-state index in [4.69, 9.17) is 0 Å². The van der Waals surface area contributed by atoms with E-state index < -0.39 is 7.81 Å². The second-order valence-electron chi connectivity index (χ2n) is 0.958. The number of halogens is 6. The van der Waals surface area contributed by atoms with E-state index in [0.29, 0.717) is 0 Å². The maximum absolute atomic E-state index is 10.7. The summed E-state index contributed by atoms with van der Waals surface area (Å²) in [6.07, 6.45) is 0. The van der Waals surface area contributed by atoms with Gasteiger partial charge in [0.25, 0.3) is 0 Å². The van der Waals surface area contributed by atoms with E-state index in [9.17, 15) is 25.2 Å². The topological polar surface area (TPSA) is 0 Å². The summed E-state index contributed by atoms with van der Waals surface area (Å²) in [6.45, 7) is 0. The molecule has 0 aromatic heterocycles. The van der Waals surface area contributed by atoms with Gasteiger partial charge in [-0.05, 0) is 0 Å². The Bertz CT molecular complexity index is 79.1. The molecule has 9 heteroatoms. The van der Waals surface area contributed by atoms with Crippen LogP contribution >= 0.6 is 7.81 Å². The maximum atomic E-state index is 9.87. The molecule has 0 aliphatic heterocycles. The minimum atomic E-state index is -10.7. The Kier molecular flexibility index (Phi) is 5.18.